The molecular weight excluding hydrogens is 329 g/mol. The van der Waals surface area contributed by atoms with Gasteiger partial charge in [0.05, 0.1) is 11.1 Å². The van der Waals surface area contributed by atoms with E-state index in [-0.39, 0.29) is 11.9 Å². The van der Waals surface area contributed by atoms with Gasteiger partial charge in [-0.1, -0.05) is 35.9 Å². The fourth-order valence-electron chi connectivity index (χ4n) is 2.03. The zero-order valence-electron chi connectivity index (χ0n) is 10.7. The molecule has 2 aromatic rings. The van der Waals surface area contributed by atoms with E-state index in [0.29, 0.717) is 10.6 Å². The molecule has 0 saturated carbocycles. The molecule has 0 spiro atoms. The minimum Gasteiger partial charge on any atom is -0.309 e. The lowest BCUT2D eigenvalue weighted by atomic mass is 9.97. The number of rotatable bonds is 3. The van der Waals surface area contributed by atoms with Crippen LogP contribution in [0.4, 0.5) is 4.39 Å². The standard InChI is InChI=1S/C15H14BrClFN/c1-9-6-7-10(8-13(9)18)15(19-2)11-4-3-5-12(16)14(11)17/h3-8,15,19H,1-2H3. The molecule has 2 aromatic carbocycles. The molecule has 1 N–H and O–H groups in total. The van der Waals surface area contributed by atoms with Gasteiger partial charge in [-0.2, -0.15) is 0 Å². The lowest BCUT2D eigenvalue weighted by Crippen LogP contribution is -2.18. The number of nitrogens with one attached hydrogen (secondary N) is 1. The van der Waals surface area contributed by atoms with E-state index < -0.39 is 0 Å². The molecule has 100 valence electrons. The Morgan fingerprint density at radius 3 is 2.63 bits per heavy atom. The molecule has 2 rings (SSSR count). The van der Waals surface area contributed by atoms with E-state index >= 15 is 0 Å². The monoisotopic (exact) mass is 341 g/mol. The second-order valence-corrected chi connectivity index (χ2v) is 5.61. The lowest BCUT2D eigenvalue weighted by molar-refractivity contribution is 0.608. The van der Waals surface area contributed by atoms with Gasteiger partial charge in [-0.15, -0.1) is 0 Å². The van der Waals surface area contributed by atoms with Crippen LogP contribution >= 0.6 is 27.5 Å². The maximum atomic E-state index is 13.7. The van der Waals surface area contributed by atoms with Crippen molar-refractivity contribution in [3.05, 3.63) is 68.4 Å². The molecular formula is C15H14BrClFN. The molecule has 19 heavy (non-hydrogen) atoms. The van der Waals surface area contributed by atoms with Crippen LogP contribution < -0.4 is 5.32 Å². The zero-order valence-corrected chi connectivity index (χ0v) is 13.0. The number of hydrogen-bond acceptors (Lipinski definition) is 1. The summed E-state index contributed by atoms with van der Waals surface area (Å²) in [5.41, 5.74) is 2.41. The van der Waals surface area contributed by atoms with Crippen LogP contribution in [0.1, 0.15) is 22.7 Å². The Balaban J connectivity index is 2.50. The van der Waals surface area contributed by atoms with Crippen LogP contribution in [0, 0.1) is 12.7 Å². The number of halogens is 3. The van der Waals surface area contributed by atoms with Crippen molar-refractivity contribution in [2.45, 2.75) is 13.0 Å². The first kappa shape index (κ1) is 14.5. The third-order valence-corrected chi connectivity index (χ3v) is 4.42. The molecule has 0 aliphatic heterocycles. The van der Waals surface area contributed by atoms with E-state index in [1.54, 1.807) is 19.1 Å². The number of aryl methyl sites for hydroxylation is 1. The Kier molecular flexibility index (Phi) is 4.61. The Labute approximate surface area is 125 Å². The van der Waals surface area contributed by atoms with Gasteiger partial charge < -0.3 is 5.32 Å². The third-order valence-electron chi connectivity index (χ3n) is 3.11. The normalized spacial score (nSPS) is 12.5. The van der Waals surface area contributed by atoms with Gasteiger partial charge in [-0.25, -0.2) is 4.39 Å². The lowest BCUT2D eigenvalue weighted by Gasteiger charge is -2.19. The second-order valence-electron chi connectivity index (χ2n) is 4.37. The molecule has 4 heteroatoms. The average molecular weight is 343 g/mol. The SMILES string of the molecule is CNC(c1ccc(C)c(F)c1)c1cccc(Br)c1Cl. The largest absolute Gasteiger partial charge is 0.309 e. The minimum absolute atomic E-state index is 0.139. The molecule has 1 nitrogen and oxygen atoms in total. The quantitative estimate of drug-likeness (QED) is 0.840. The zero-order chi connectivity index (χ0) is 14.0. The van der Waals surface area contributed by atoms with Gasteiger partial charge in [0, 0.05) is 4.47 Å². The van der Waals surface area contributed by atoms with Crippen molar-refractivity contribution in [3.8, 4) is 0 Å². The van der Waals surface area contributed by atoms with E-state index in [9.17, 15) is 4.39 Å². The van der Waals surface area contributed by atoms with Crippen LogP contribution in [-0.2, 0) is 0 Å². The Hall–Kier alpha value is -0.900. The van der Waals surface area contributed by atoms with Gasteiger partial charge in [-0.3, -0.25) is 0 Å². The van der Waals surface area contributed by atoms with Crippen LogP contribution in [0.2, 0.25) is 5.02 Å². The Morgan fingerprint density at radius 2 is 2.00 bits per heavy atom. The van der Waals surface area contributed by atoms with Crippen LogP contribution in [0.3, 0.4) is 0 Å². The van der Waals surface area contributed by atoms with Crippen molar-refractivity contribution in [2.24, 2.45) is 0 Å². The predicted octanol–water partition coefficient (Wildman–Crippen LogP) is 4.86. The number of benzene rings is 2. The summed E-state index contributed by atoms with van der Waals surface area (Å²) in [6, 6.07) is 10.8. The molecule has 0 aliphatic carbocycles. The second kappa shape index (κ2) is 6.04. The molecule has 0 saturated heterocycles. The van der Waals surface area contributed by atoms with Gasteiger partial charge in [0.15, 0.2) is 0 Å². The van der Waals surface area contributed by atoms with Crippen molar-refractivity contribution in [1.82, 2.24) is 5.32 Å². The van der Waals surface area contributed by atoms with Crippen LogP contribution in [0.15, 0.2) is 40.9 Å². The highest BCUT2D eigenvalue weighted by Gasteiger charge is 2.17. The molecule has 0 radical (unpaired) electrons. The Morgan fingerprint density at radius 1 is 1.26 bits per heavy atom. The smallest absolute Gasteiger partial charge is 0.126 e. The molecule has 0 bridgehead atoms. The molecule has 0 fully saturated rings. The van der Waals surface area contributed by atoms with E-state index in [2.05, 4.69) is 21.2 Å². The first-order chi connectivity index (χ1) is 9.04. The van der Waals surface area contributed by atoms with Gasteiger partial charge in [0.1, 0.15) is 5.82 Å². The van der Waals surface area contributed by atoms with E-state index in [4.69, 9.17) is 11.6 Å². The molecule has 0 amide bonds. The van der Waals surface area contributed by atoms with Crippen molar-refractivity contribution >= 4 is 27.5 Å². The average Bonchev–Trinajstić information content (AvgIpc) is 2.39. The maximum absolute atomic E-state index is 13.7. The van der Waals surface area contributed by atoms with Crippen LogP contribution in [0.5, 0.6) is 0 Å². The maximum Gasteiger partial charge on any atom is 0.126 e. The van der Waals surface area contributed by atoms with Crippen molar-refractivity contribution < 1.29 is 4.39 Å². The van der Waals surface area contributed by atoms with Crippen LogP contribution in [-0.4, -0.2) is 7.05 Å². The number of hydrogen-bond donors (Lipinski definition) is 1. The first-order valence-corrected chi connectivity index (χ1v) is 7.09. The summed E-state index contributed by atoms with van der Waals surface area (Å²) in [4.78, 5) is 0. The van der Waals surface area contributed by atoms with Gasteiger partial charge in [0.2, 0.25) is 0 Å². The van der Waals surface area contributed by atoms with Crippen molar-refractivity contribution in [1.29, 1.82) is 0 Å². The van der Waals surface area contributed by atoms with Crippen LogP contribution in [0.25, 0.3) is 0 Å². The molecule has 0 heterocycles. The summed E-state index contributed by atoms with van der Waals surface area (Å²) in [5.74, 6) is -0.205. The van der Waals surface area contributed by atoms with Gasteiger partial charge in [-0.05, 0) is 58.7 Å². The van der Waals surface area contributed by atoms with E-state index in [1.165, 1.54) is 0 Å². The molecule has 1 unspecified atom stereocenters. The van der Waals surface area contributed by atoms with Crippen molar-refractivity contribution in [2.75, 3.05) is 7.05 Å². The molecule has 0 aromatic heterocycles. The van der Waals surface area contributed by atoms with E-state index in [1.807, 2.05) is 31.3 Å². The Bertz CT molecular complexity index is 601. The minimum atomic E-state index is -0.205. The fourth-order valence-corrected chi connectivity index (χ4v) is 2.65. The summed E-state index contributed by atoms with van der Waals surface area (Å²) in [5, 5.41) is 3.82. The molecule has 1 atom stereocenters. The van der Waals surface area contributed by atoms with Crippen molar-refractivity contribution in [3.63, 3.8) is 0 Å². The topological polar surface area (TPSA) is 12.0 Å². The van der Waals surface area contributed by atoms with E-state index in [0.717, 1.165) is 15.6 Å². The summed E-state index contributed by atoms with van der Waals surface area (Å²) in [7, 11) is 1.83. The van der Waals surface area contributed by atoms with Gasteiger partial charge >= 0.3 is 0 Å². The third kappa shape index (κ3) is 2.99. The highest BCUT2D eigenvalue weighted by molar-refractivity contribution is 9.10. The summed E-state index contributed by atoms with van der Waals surface area (Å²) in [6.07, 6.45) is 0. The molecule has 0 aliphatic rings. The fraction of sp³-hybridized carbons (Fsp3) is 0.200. The summed E-state index contributed by atoms with van der Waals surface area (Å²) in [6.45, 7) is 1.75. The summed E-state index contributed by atoms with van der Waals surface area (Å²) >= 11 is 9.72. The highest BCUT2D eigenvalue weighted by Crippen LogP contribution is 2.33. The highest BCUT2D eigenvalue weighted by atomic mass is 79.9. The first-order valence-electron chi connectivity index (χ1n) is 5.92. The summed E-state index contributed by atoms with van der Waals surface area (Å²) < 4.78 is 14.5. The predicted molar refractivity (Wildman–Crippen MR) is 81.2 cm³/mol. The van der Waals surface area contributed by atoms with Gasteiger partial charge in [0.25, 0.3) is 0 Å².